The average Bonchev–Trinajstić information content (AvgIpc) is 2.78. The van der Waals surface area contributed by atoms with E-state index in [2.05, 4.69) is 5.32 Å². The first kappa shape index (κ1) is 23.7. The van der Waals surface area contributed by atoms with Crippen LogP contribution in [0.3, 0.4) is 0 Å². The smallest absolute Gasteiger partial charge is 0.339 e. The molecule has 1 N–H and O–H groups in total. The monoisotopic (exact) mass is 450 g/mol. The molecule has 31 heavy (non-hydrogen) atoms. The Hall–Kier alpha value is -1.93. The molecular formula is C23H34N2O5S. The summed E-state index contributed by atoms with van der Waals surface area (Å²) in [5.41, 5.74) is 0.780. The fourth-order valence-corrected chi connectivity index (χ4v) is 5.84. The summed E-state index contributed by atoms with van der Waals surface area (Å²) in [6, 6.07) is 4.51. The fourth-order valence-electron chi connectivity index (χ4n) is 4.29. The first-order valence-electron chi connectivity index (χ1n) is 11.4. The Morgan fingerprint density at radius 3 is 2.42 bits per heavy atom. The van der Waals surface area contributed by atoms with Gasteiger partial charge < -0.3 is 10.1 Å². The summed E-state index contributed by atoms with van der Waals surface area (Å²) < 4.78 is 32.7. The highest BCUT2D eigenvalue weighted by Crippen LogP contribution is 2.24. The van der Waals surface area contributed by atoms with Gasteiger partial charge in [-0.25, -0.2) is 13.2 Å². The Balaban J connectivity index is 1.63. The number of hydrogen-bond acceptors (Lipinski definition) is 5. The normalized spacial score (nSPS) is 19.5. The van der Waals surface area contributed by atoms with E-state index in [4.69, 9.17) is 4.74 Å². The van der Waals surface area contributed by atoms with E-state index >= 15 is 0 Å². The summed E-state index contributed by atoms with van der Waals surface area (Å²) in [7, 11) is -3.65. The zero-order valence-electron chi connectivity index (χ0n) is 18.6. The molecule has 1 heterocycles. The van der Waals surface area contributed by atoms with Crippen molar-refractivity contribution in [2.45, 2.75) is 76.2 Å². The van der Waals surface area contributed by atoms with E-state index in [0.717, 1.165) is 32.1 Å². The van der Waals surface area contributed by atoms with Gasteiger partial charge in [-0.1, -0.05) is 31.7 Å². The second-order valence-electron chi connectivity index (χ2n) is 8.74. The van der Waals surface area contributed by atoms with Crippen LogP contribution in [0.2, 0.25) is 0 Å². The molecule has 2 fully saturated rings. The Kier molecular flexibility index (Phi) is 8.11. The molecule has 1 saturated carbocycles. The third kappa shape index (κ3) is 6.07. The van der Waals surface area contributed by atoms with Crippen LogP contribution in [0.5, 0.6) is 0 Å². The summed E-state index contributed by atoms with van der Waals surface area (Å²) in [4.78, 5) is 25.2. The van der Waals surface area contributed by atoms with Gasteiger partial charge in [0, 0.05) is 19.6 Å². The van der Waals surface area contributed by atoms with Crippen molar-refractivity contribution in [1.29, 1.82) is 0 Å². The van der Waals surface area contributed by atoms with E-state index in [1.165, 1.54) is 42.6 Å². The summed E-state index contributed by atoms with van der Waals surface area (Å²) in [6.07, 6.45) is 7.64. The Labute approximate surface area is 185 Å². The molecule has 1 atom stereocenters. The fraction of sp³-hybridized carbons (Fsp3) is 0.652. The van der Waals surface area contributed by atoms with E-state index in [-0.39, 0.29) is 16.4 Å². The molecule has 0 radical (unpaired) electrons. The second kappa shape index (κ2) is 10.6. The molecule has 7 nitrogen and oxygen atoms in total. The molecule has 0 aromatic heterocycles. The molecule has 1 saturated heterocycles. The number of carbonyl (C=O) groups is 2. The number of carbonyl (C=O) groups excluding carboxylic acids is 2. The Morgan fingerprint density at radius 1 is 1.10 bits per heavy atom. The molecule has 3 rings (SSSR count). The van der Waals surface area contributed by atoms with Crippen LogP contribution in [0.15, 0.2) is 23.1 Å². The van der Waals surface area contributed by atoms with Crippen molar-refractivity contribution in [3.8, 4) is 0 Å². The van der Waals surface area contributed by atoms with Gasteiger partial charge in [-0.3, -0.25) is 4.79 Å². The maximum atomic E-state index is 12.9. The van der Waals surface area contributed by atoms with E-state index in [1.807, 2.05) is 0 Å². The predicted octanol–water partition coefficient (Wildman–Crippen LogP) is 3.41. The predicted molar refractivity (Wildman–Crippen MR) is 118 cm³/mol. The maximum absolute atomic E-state index is 12.9. The van der Waals surface area contributed by atoms with Crippen molar-refractivity contribution in [1.82, 2.24) is 9.62 Å². The summed E-state index contributed by atoms with van der Waals surface area (Å²) >= 11 is 0. The number of amides is 1. The highest BCUT2D eigenvalue weighted by Gasteiger charge is 2.28. The topological polar surface area (TPSA) is 92.8 Å². The standard InChI is InChI=1S/C23H34N2O5S/c1-17-11-12-20(31(28,29)25-13-7-4-8-14-25)15-21(17)23(27)30-18(2)22(26)24-16-19-9-5-3-6-10-19/h11-12,15,18-19H,3-10,13-14,16H2,1-2H3,(H,24,26)/t18-/m1/s1. The largest absolute Gasteiger partial charge is 0.449 e. The Bertz CT molecular complexity index is 887. The van der Waals surface area contributed by atoms with Crippen molar-refractivity contribution < 1.29 is 22.7 Å². The molecular weight excluding hydrogens is 416 g/mol. The molecule has 1 aliphatic carbocycles. The SMILES string of the molecule is Cc1ccc(S(=O)(=O)N2CCCCC2)cc1C(=O)O[C@H](C)C(=O)NCC1CCCCC1. The molecule has 2 aliphatic rings. The van der Waals surface area contributed by atoms with Crippen molar-refractivity contribution >= 4 is 21.9 Å². The number of nitrogens with zero attached hydrogens (tertiary/aromatic N) is 1. The zero-order valence-corrected chi connectivity index (χ0v) is 19.4. The molecule has 0 unspecified atom stereocenters. The van der Waals surface area contributed by atoms with Gasteiger partial charge >= 0.3 is 5.97 Å². The van der Waals surface area contributed by atoms with Gasteiger partial charge in [0.1, 0.15) is 0 Å². The van der Waals surface area contributed by atoms with Crippen molar-refractivity contribution in [3.05, 3.63) is 29.3 Å². The second-order valence-corrected chi connectivity index (χ2v) is 10.7. The van der Waals surface area contributed by atoms with E-state index in [1.54, 1.807) is 13.0 Å². The van der Waals surface area contributed by atoms with Crippen LogP contribution < -0.4 is 5.32 Å². The summed E-state index contributed by atoms with van der Waals surface area (Å²) in [5, 5.41) is 2.88. The Morgan fingerprint density at radius 2 is 1.74 bits per heavy atom. The van der Waals surface area contributed by atoms with Crippen molar-refractivity contribution in [2.24, 2.45) is 5.92 Å². The third-order valence-electron chi connectivity index (χ3n) is 6.32. The quantitative estimate of drug-likeness (QED) is 0.643. The molecule has 1 amide bonds. The lowest BCUT2D eigenvalue weighted by molar-refractivity contribution is -0.129. The third-order valence-corrected chi connectivity index (χ3v) is 8.22. The van der Waals surface area contributed by atoms with Gasteiger partial charge in [0.2, 0.25) is 10.0 Å². The first-order chi connectivity index (χ1) is 14.8. The van der Waals surface area contributed by atoms with E-state index in [9.17, 15) is 18.0 Å². The van der Waals surface area contributed by atoms with Gasteiger partial charge in [-0.05, 0) is 63.1 Å². The molecule has 0 bridgehead atoms. The van der Waals surface area contributed by atoms with Crippen LogP contribution in [0.25, 0.3) is 0 Å². The molecule has 1 aromatic carbocycles. The number of ether oxygens (including phenoxy) is 1. The highest BCUT2D eigenvalue weighted by molar-refractivity contribution is 7.89. The van der Waals surface area contributed by atoms with Crippen molar-refractivity contribution in [2.75, 3.05) is 19.6 Å². The van der Waals surface area contributed by atoms with Crippen LogP contribution >= 0.6 is 0 Å². The summed E-state index contributed by atoms with van der Waals surface area (Å²) in [6.45, 7) is 4.85. The van der Waals surface area contributed by atoms with E-state index < -0.39 is 22.1 Å². The lowest BCUT2D eigenvalue weighted by Crippen LogP contribution is -2.39. The zero-order chi connectivity index (χ0) is 22.4. The average molecular weight is 451 g/mol. The number of esters is 1. The lowest BCUT2D eigenvalue weighted by Gasteiger charge is -2.26. The van der Waals surface area contributed by atoms with Crippen LogP contribution in [-0.2, 0) is 19.6 Å². The minimum absolute atomic E-state index is 0.0846. The highest BCUT2D eigenvalue weighted by atomic mass is 32.2. The van der Waals surface area contributed by atoms with Crippen LogP contribution in [0, 0.1) is 12.8 Å². The number of piperidine rings is 1. The summed E-state index contributed by atoms with van der Waals surface area (Å²) in [5.74, 6) is -0.526. The minimum Gasteiger partial charge on any atom is -0.449 e. The van der Waals surface area contributed by atoms with Crippen LogP contribution in [-0.4, -0.2) is 50.3 Å². The molecule has 8 heteroatoms. The minimum atomic E-state index is -3.65. The van der Waals surface area contributed by atoms with Gasteiger partial charge in [0.15, 0.2) is 6.10 Å². The number of aryl methyl sites for hydroxylation is 1. The van der Waals surface area contributed by atoms with Gasteiger partial charge in [-0.2, -0.15) is 4.31 Å². The molecule has 1 aromatic rings. The molecule has 172 valence electrons. The van der Waals surface area contributed by atoms with Gasteiger partial charge in [0.25, 0.3) is 5.91 Å². The maximum Gasteiger partial charge on any atom is 0.339 e. The van der Waals surface area contributed by atoms with Crippen LogP contribution in [0.1, 0.15) is 74.2 Å². The van der Waals surface area contributed by atoms with Gasteiger partial charge in [-0.15, -0.1) is 0 Å². The number of sulfonamides is 1. The number of benzene rings is 1. The van der Waals surface area contributed by atoms with Crippen molar-refractivity contribution in [3.63, 3.8) is 0 Å². The number of nitrogens with one attached hydrogen (secondary N) is 1. The number of rotatable bonds is 7. The van der Waals surface area contributed by atoms with E-state index in [0.29, 0.717) is 31.1 Å². The molecule has 1 aliphatic heterocycles. The van der Waals surface area contributed by atoms with Gasteiger partial charge in [0.05, 0.1) is 10.5 Å². The lowest BCUT2D eigenvalue weighted by atomic mass is 9.89. The number of hydrogen-bond donors (Lipinski definition) is 1. The first-order valence-corrected chi connectivity index (χ1v) is 12.8. The van der Waals surface area contributed by atoms with Crippen LogP contribution in [0.4, 0.5) is 0 Å². The molecule has 0 spiro atoms.